The van der Waals surface area contributed by atoms with Crippen LogP contribution < -0.4 is 10.6 Å². The van der Waals surface area contributed by atoms with Crippen molar-refractivity contribution in [2.45, 2.75) is 44.7 Å². The number of aromatic nitrogens is 2. The van der Waals surface area contributed by atoms with E-state index in [1.54, 1.807) is 0 Å². The van der Waals surface area contributed by atoms with Crippen LogP contribution in [0.3, 0.4) is 0 Å². The minimum atomic E-state index is -0.737. The molecule has 9 nitrogen and oxygen atoms in total. The highest BCUT2D eigenvalue weighted by molar-refractivity contribution is 5.96. The molecule has 1 aromatic rings. The van der Waals surface area contributed by atoms with Crippen LogP contribution in [0.15, 0.2) is 18.6 Å². The monoisotopic (exact) mass is 384 g/mol. The van der Waals surface area contributed by atoms with E-state index < -0.39 is 23.9 Å². The highest BCUT2D eigenvalue weighted by atomic mass is 16.2. The molecule has 0 aromatic carbocycles. The summed E-state index contributed by atoms with van der Waals surface area (Å²) in [6, 6.07) is 0.954. The van der Waals surface area contributed by atoms with Crippen molar-refractivity contribution in [3.05, 3.63) is 24.3 Å². The average molecular weight is 384 g/mol. The van der Waals surface area contributed by atoms with Gasteiger partial charge in [0, 0.05) is 18.9 Å². The van der Waals surface area contributed by atoms with E-state index in [-0.39, 0.29) is 24.1 Å². The van der Waals surface area contributed by atoms with E-state index in [2.05, 4.69) is 26.7 Å². The number of carbonyl (C=O) groups is 3. The molecule has 3 rings (SSSR count). The zero-order chi connectivity index (χ0) is 20.1. The maximum atomic E-state index is 12.6. The Labute approximate surface area is 163 Å². The van der Waals surface area contributed by atoms with E-state index in [9.17, 15) is 19.6 Å². The number of nitrogens with zero attached hydrogens (tertiary/aromatic N) is 4. The van der Waals surface area contributed by atoms with E-state index in [4.69, 9.17) is 0 Å². The van der Waals surface area contributed by atoms with Crippen LogP contribution in [-0.4, -0.2) is 57.8 Å². The van der Waals surface area contributed by atoms with Crippen molar-refractivity contribution in [3.8, 4) is 6.07 Å². The molecule has 2 heterocycles. The minimum Gasteiger partial charge on any atom is -0.345 e. The molecule has 0 bridgehead atoms. The second-order valence-electron chi connectivity index (χ2n) is 7.55. The lowest BCUT2D eigenvalue weighted by Gasteiger charge is -2.22. The van der Waals surface area contributed by atoms with Crippen LogP contribution in [0, 0.1) is 23.2 Å². The van der Waals surface area contributed by atoms with Crippen molar-refractivity contribution >= 4 is 17.7 Å². The molecule has 2 fully saturated rings. The van der Waals surface area contributed by atoms with Crippen LogP contribution in [-0.2, 0) is 9.59 Å². The van der Waals surface area contributed by atoms with E-state index in [0.717, 1.165) is 12.8 Å². The van der Waals surface area contributed by atoms with E-state index in [0.29, 0.717) is 25.3 Å². The highest BCUT2D eigenvalue weighted by Gasteiger charge is 2.34. The molecular formula is C19H24N6O3. The Morgan fingerprint density at radius 3 is 2.79 bits per heavy atom. The summed E-state index contributed by atoms with van der Waals surface area (Å²) in [5.74, 6) is -0.500. The Morgan fingerprint density at radius 2 is 2.14 bits per heavy atom. The zero-order valence-corrected chi connectivity index (χ0v) is 15.8. The van der Waals surface area contributed by atoms with E-state index in [1.807, 2.05) is 6.92 Å². The topological polar surface area (TPSA) is 128 Å². The fourth-order valence-corrected chi connectivity index (χ4v) is 3.40. The van der Waals surface area contributed by atoms with Gasteiger partial charge in [-0.3, -0.25) is 19.4 Å². The smallest absolute Gasteiger partial charge is 0.272 e. The van der Waals surface area contributed by atoms with Crippen molar-refractivity contribution in [3.63, 3.8) is 0 Å². The van der Waals surface area contributed by atoms with Crippen LogP contribution in [0.25, 0.3) is 0 Å². The maximum absolute atomic E-state index is 12.6. The number of carbonyl (C=O) groups excluding carboxylic acids is 3. The van der Waals surface area contributed by atoms with Gasteiger partial charge in [0.1, 0.15) is 17.8 Å². The maximum Gasteiger partial charge on any atom is 0.272 e. The molecule has 28 heavy (non-hydrogen) atoms. The second kappa shape index (κ2) is 8.78. The third kappa shape index (κ3) is 5.03. The summed E-state index contributed by atoms with van der Waals surface area (Å²) < 4.78 is 0. The highest BCUT2D eigenvalue weighted by Crippen LogP contribution is 2.33. The minimum absolute atomic E-state index is 0.134. The number of rotatable bonds is 7. The number of hydrogen-bond donors (Lipinski definition) is 2. The van der Waals surface area contributed by atoms with Gasteiger partial charge in [-0.25, -0.2) is 4.98 Å². The van der Waals surface area contributed by atoms with Gasteiger partial charge in [0.25, 0.3) is 5.91 Å². The molecule has 3 atom stereocenters. The molecule has 1 aliphatic carbocycles. The van der Waals surface area contributed by atoms with E-state index >= 15 is 0 Å². The van der Waals surface area contributed by atoms with Gasteiger partial charge in [0.05, 0.1) is 18.8 Å². The SMILES string of the molecule is CC1CC(C#N)N(C(=O)CNC(=O)C(CC2CC2)NC(=O)c2cnccn2)C1. The van der Waals surface area contributed by atoms with Crippen LogP contribution >= 0.6 is 0 Å². The van der Waals surface area contributed by atoms with Crippen molar-refractivity contribution in [1.82, 2.24) is 25.5 Å². The standard InChI is InChI=1S/C19H24N6O3/c1-12-6-14(8-20)25(11-12)17(26)10-23-18(27)15(7-13-2-3-13)24-19(28)16-9-21-4-5-22-16/h4-5,9,12-15H,2-3,6-7,10-11H2,1H3,(H,23,27)(H,24,28). The summed E-state index contributed by atoms with van der Waals surface area (Å²) in [7, 11) is 0. The summed E-state index contributed by atoms with van der Waals surface area (Å²) in [6.07, 6.45) is 7.43. The van der Waals surface area contributed by atoms with Gasteiger partial charge in [0.15, 0.2) is 0 Å². The van der Waals surface area contributed by atoms with Gasteiger partial charge in [-0.15, -0.1) is 0 Å². The Morgan fingerprint density at radius 1 is 1.36 bits per heavy atom. The van der Waals surface area contributed by atoms with Crippen molar-refractivity contribution < 1.29 is 14.4 Å². The first-order chi connectivity index (χ1) is 13.5. The molecule has 1 saturated carbocycles. The van der Waals surface area contributed by atoms with Gasteiger partial charge < -0.3 is 15.5 Å². The molecule has 0 spiro atoms. The average Bonchev–Trinajstić information content (AvgIpc) is 3.44. The largest absolute Gasteiger partial charge is 0.345 e. The van der Waals surface area contributed by atoms with E-state index in [1.165, 1.54) is 23.5 Å². The lowest BCUT2D eigenvalue weighted by Crippen LogP contribution is -2.50. The van der Waals surface area contributed by atoms with Gasteiger partial charge in [-0.2, -0.15) is 5.26 Å². The quantitative estimate of drug-likeness (QED) is 0.694. The molecule has 1 aliphatic heterocycles. The second-order valence-corrected chi connectivity index (χ2v) is 7.55. The van der Waals surface area contributed by atoms with Crippen molar-refractivity contribution in [2.24, 2.45) is 11.8 Å². The third-order valence-corrected chi connectivity index (χ3v) is 5.08. The first-order valence-corrected chi connectivity index (χ1v) is 9.51. The van der Waals surface area contributed by atoms with Crippen molar-refractivity contribution in [2.75, 3.05) is 13.1 Å². The van der Waals surface area contributed by atoms with Crippen LogP contribution in [0.5, 0.6) is 0 Å². The van der Waals surface area contributed by atoms with Gasteiger partial charge in [-0.1, -0.05) is 19.8 Å². The summed E-state index contributed by atoms with van der Waals surface area (Å²) in [4.78, 5) is 46.7. The van der Waals surface area contributed by atoms with Gasteiger partial charge in [0.2, 0.25) is 11.8 Å². The van der Waals surface area contributed by atoms with Crippen LogP contribution in [0.2, 0.25) is 0 Å². The fraction of sp³-hybridized carbons (Fsp3) is 0.579. The lowest BCUT2D eigenvalue weighted by atomic mass is 10.1. The van der Waals surface area contributed by atoms with Crippen LogP contribution in [0.4, 0.5) is 0 Å². The molecule has 148 valence electrons. The number of likely N-dealkylation sites (tertiary alicyclic amines) is 1. The summed E-state index contributed by atoms with van der Waals surface area (Å²) >= 11 is 0. The number of nitriles is 1. The molecule has 0 radical (unpaired) electrons. The molecule has 3 unspecified atom stereocenters. The van der Waals surface area contributed by atoms with Gasteiger partial charge >= 0.3 is 0 Å². The number of amides is 3. The normalized spacial score (nSPS) is 22.2. The Balaban J connectivity index is 1.56. The number of nitrogens with one attached hydrogen (secondary N) is 2. The zero-order valence-electron chi connectivity index (χ0n) is 15.8. The third-order valence-electron chi connectivity index (χ3n) is 5.08. The number of hydrogen-bond acceptors (Lipinski definition) is 6. The Hall–Kier alpha value is -3.02. The molecule has 2 N–H and O–H groups in total. The first kappa shape index (κ1) is 19.7. The molecule has 1 saturated heterocycles. The molecule has 9 heteroatoms. The molecular weight excluding hydrogens is 360 g/mol. The Bertz CT molecular complexity index is 774. The summed E-state index contributed by atoms with van der Waals surface area (Å²) in [5, 5.41) is 14.5. The lowest BCUT2D eigenvalue weighted by molar-refractivity contribution is -0.133. The predicted molar refractivity (Wildman–Crippen MR) is 98.5 cm³/mol. The summed E-state index contributed by atoms with van der Waals surface area (Å²) in [6.45, 7) is 2.32. The summed E-state index contributed by atoms with van der Waals surface area (Å²) in [5.41, 5.74) is 0.134. The fourth-order valence-electron chi connectivity index (χ4n) is 3.40. The molecule has 2 aliphatic rings. The first-order valence-electron chi connectivity index (χ1n) is 9.51. The molecule has 3 amide bonds. The van der Waals surface area contributed by atoms with Crippen molar-refractivity contribution in [1.29, 1.82) is 5.26 Å². The Kier molecular flexibility index (Phi) is 6.19. The molecule has 1 aromatic heterocycles. The van der Waals surface area contributed by atoms with Crippen LogP contribution in [0.1, 0.15) is 43.1 Å². The predicted octanol–water partition coefficient (Wildman–Crippen LogP) is 0.252. The van der Waals surface area contributed by atoms with Gasteiger partial charge in [-0.05, 0) is 24.7 Å².